The van der Waals surface area contributed by atoms with E-state index in [4.69, 9.17) is 0 Å². The van der Waals surface area contributed by atoms with E-state index in [2.05, 4.69) is 98.8 Å². The Morgan fingerprint density at radius 1 is 0.458 bits per heavy atom. The monoisotopic (exact) mass is 308 g/mol. The van der Waals surface area contributed by atoms with Gasteiger partial charge in [-0.25, -0.2) is 0 Å². The third kappa shape index (κ3) is 2.61. The topological polar surface area (TPSA) is 0 Å². The minimum Gasteiger partial charge on any atom is -0.0616 e. The van der Waals surface area contributed by atoms with E-state index in [1.165, 1.54) is 43.8 Å². The Hall–Kier alpha value is -2.86. The molecule has 0 atom stereocenters. The average molecular weight is 308 g/mol. The second kappa shape index (κ2) is 5.98. The molecule has 0 spiro atoms. The highest BCUT2D eigenvalue weighted by Crippen LogP contribution is 2.29. The Bertz CT molecular complexity index is 980. The molecule has 4 aromatic carbocycles. The second-order valence-electron chi connectivity index (χ2n) is 6.37. The molecule has 0 radical (unpaired) electrons. The van der Waals surface area contributed by atoms with E-state index < -0.39 is 0 Å². The van der Waals surface area contributed by atoms with Crippen LogP contribution in [0.3, 0.4) is 0 Å². The molecule has 0 aromatic heterocycles. The molecule has 0 N–H and O–H groups in total. The van der Waals surface area contributed by atoms with E-state index >= 15 is 0 Å². The summed E-state index contributed by atoms with van der Waals surface area (Å²) >= 11 is 0. The predicted octanol–water partition coefficient (Wildman–Crippen LogP) is 6.94. The van der Waals surface area contributed by atoms with Crippen LogP contribution in [0, 0.1) is 0 Å². The lowest BCUT2D eigenvalue weighted by Gasteiger charge is -2.11. The van der Waals surface area contributed by atoms with Crippen LogP contribution in [0.15, 0.2) is 84.9 Å². The van der Waals surface area contributed by atoms with Crippen molar-refractivity contribution in [2.75, 3.05) is 0 Å². The van der Waals surface area contributed by atoms with Gasteiger partial charge in [0.1, 0.15) is 0 Å². The molecule has 24 heavy (non-hydrogen) atoms. The van der Waals surface area contributed by atoms with Crippen LogP contribution in [0.25, 0.3) is 32.7 Å². The van der Waals surface area contributed by atoms with Crippen molar-refractivity contribution in [3.63, 3.8) is 0 Å². The van der Waals surface area contributed by atoms with Crippen LogP contribution in [0.4, 0.5) is 0 Å². The minimum absolute atomic E-state index is 1.29. The van der Waals surface area contributed by atoms with Crippen molar-refractivity contribution in [1.82, 2.24) is 0 Å². The van der Waals surface area contributed by atoms with E-state index in [1.807, 2.05) is 0 Å². The van der Waals surface area contributed by atoms with Crippen molar-refractivity contribution >= 4 is 32.7 Å². The fraction of sp³-hybridized carbons (Fsp3) is 0.0833. The fourth-order valence-electron chi connectivity index (χ4n) is 3.28. The van der Waals surface area contributed by atoms with Gasteiger partial charge >= 0.3 is 0 Å². The van der Waals surface area contributed by atoms with E-state index in [0.717, 1.165) is 0 Å². The number of hydrogen-bond acceptors (Lipinski definition) is 0. The maximum absolute atomic E-state index is 2.29. The zero-order valence-corrected chi connectivity index (χ0v) is 14.1. The first-order chi connectivity index (χ1) is 11.7. The van der Waals surface area contributed by atoms with Gasteiger partial charge in [0.2, 0.25) is 0 Å². The summed E-state index contributed by atoms with van der Waals surface area (Å²) in [7, 11) is 0. The summed E-state index contributed by atoms with van der Waals surface area (Å²) in [5, 5.41) is 5.16. The summed E-state index contributed by atoms with van der Waals surface area (Å²) in [6.07, 6.45) is 0. The molecule has 4 rings (SSSR count). The fourth-order valence-corrected chi connectivity index (χ4v) is 3.28. The van der Waals surface area contributed by atoms with Gasteiger partial charge in [-0.3, -0.25) is 0 Å². The average Bonchev–Trinajstić information content (AvgIpc) is 2.66. The van der Waals surface area contributed by atoms with Crippen LogP contribution in [0.2, 0.25) is 0 Å². The molecule has 0 aliphatic carbocycles. The molecule has 0 saturated heterocycles. The van der Waals surface area contributed by atoms with Gasteiger partial charge in [-0.2, -0.15) is 0 Å². The Morgan fingerprint density at radius 3 is 1.25 bits per heavy atom. The van der Waals surface area contributed by atoms with Gasteiger partial charge in [0.25, 0.3) is 0 Å². The third-order valence-electron chi connectivity index (χ3n) is 4.93. The summed E-state index contributed by atoms with van der Waals surface area (Å²) in [5.74, 6) is 0. The number of rotatable bonds is 2. The molecule has 0 saturated carbocycles. The molecule has 4 aromatic rings. The molecule has 0 fully saturated rings. The molecule has 0 amide bonds. The van der Waals surface area contributed by atoms with Crippen LogP contribution < -0.4 is 0 Å². The third-order valence-corrected chi connectivity index (χ3v) is 4.93. The van der Waals surface area contributed by atoms with Crippen LogP contribution in [-0.4, -0.2) is 0 Å². The van der Waals surface area contributed by atoms with Crippen molar-refractivity contribution in [3.05, 3.63) is 96.1 Å². The minimum atomic E-state index is 1.29. The summed E-state index contributed by atoms with van der Waals surface area (Å²) in [4.78, 5) is 0. The predicted molar refractivity (Wildman–Crippen MR) is 106 cm³/mol. The van der Waals surface area contributed by atoms with Gasteiger partial charge in [0.05, 0.1) is 0 Å². The smallest absolute Gasteiger partial charge is 0.0178 e. The lowest BCUT2D eigenvalue weighted by molar-refractivity contribution is 1.54. The van der Waals surface area contributed by atoms with Crippen molar-refractivity contribution < 1.29 is 0 Å². The molecule has 0 unspecified atom stereocenters. The maximum atomic E-state index is 2.29. The first-order valence-corrected chi connectivity index (χ1v) is 8.38. The van der Waals surface area contributed by atoms with Gasteiger partial charge in [-0.1, -0.05) is 72.8 Å². The van der Waals surface area contributed by atoms with E-state index in [0.29, 0.717) is 0 Å². The molecule has 0 bridgehead atoms. The molecule has 0 heterocycles. The van der Waals surface area contributed by atoms with E-state index in [1.54, 1.807) is 0 Å². The molecule has 0 aliphatic rings. The number of hydrogen-bond donors (Lipinski definition) is 0. The van der Waals surface area contributed by atoms with E-state index in [-0.39, 0.29) is 0 Å². The van der Waals surface area contributed by atoms with Crippen molar-refractivity contribution in [1.29, 1.82) is 0 Å². The van der Waals surface area contributed by atoms with Gasteiger partial charge in [-0.15, -0.1) is 0 Å². The Labute approximate surface area is 143 Å². The van der Waals surface area contributed by atoms with Crippen LogP contribution in [0.5, 0.6) is 0 Å². The lowest BCUT2D eigenvalue weighted by atomic mass is 9.94. The number of allylic oxidation sites excluding steroid dienone is 2. The zero-order valence-electron chi connectivity index (χ0n) is 14.1. The van der Waals surface area contributed by atoms with Gasteiger partial charge in [-0.05, 0) is 69.8 Å². The highest BCUT2D eigenvalue weighted by Gasteiger charge is 2.05. The van der Waals surface area contributed by atoms with Crippen molar-refractivity contribution in [3.8, 4) is 0 Å². The molecule has 0 nitrogen and oxygen atoms in total. The molecule has 0 heteroatoms. The SMILES string of the molecule is C/C(=C(/C)c1ccc2ccccc2c1)c1ccc2ccccc2c1. The van der Waals surface area contributed by atoms with Crippen molar-refractivity contribution in [2.24, 2.45) is 0 Å². The first kappa shape index (κ1) is 14.7. The van der Waals surface area contributed by atoms with Crippen LogP contribution >= 0.6 is 0 Å². The highest BCUT2D eigenvalue weighted by atomic mass is 14.1. The number of fused-ring (bicyclic) bond motifs is 2. The lowest BCUT2D eigenvalue weighted by Crippen LogP contribution is -1.87. The Kier molecular flexibility index (Phi) is 3.66. The normalized spacial score (nSPS) is 12.4. The standard InChI is InChI=1S/C24H20/c1-17(21-13-11-19-7-3-5-9-23(19)15-21)18(2)22-14-12-20-8-4-6-10-24(20)16-22/h3-16H,1-2H3/b18-17+. The second-order valence-corrected chi connectivity index (χ2v) is 6.37. The maximum Gasteiger partial charge on any atom is -0.0178 e. The first-order valence-electron chi connectivity index (χ1n) is 8.38. The molecular weight excluding hydrogens is 288 g/mol. The van der Waals surface area contributed by atoms with Gasteiger partial charge in [0, 0.05) is 0 Å². The summed E-state index contributed by atoms with van der Waals surface area (Å²) < 4.78 is 0. The molecular formula is C24H20. The summed E-state index contributed by atoms with van der Waals surface area (Å²) in [5.41, 5.74) is 5.24. The quantitative estimate of drug-likeness (QED) is 0.352. The van der Waals surface area contributed by atoms with Crippen LogP contribution in [-0.2, 0) is 0 Å². The van der Waals surface area contributed by atoms with Crippen LogP contribution in [0.1, 0.15) is 25.0 Å². The summed E-state index contributed by atoms with van der Waals surface area (Å²) in [6, 6.07) is 30.5. The van der Waals surface area contributed by atoms with E-state index in [9.17, 15) is 0 Å². The zero-order chi connectivity index (χ0) is 16.5. The molecule has 0 aliphatic heterocycles. The Morgan fingerprint density at radius 2 is 0.833 bits per heavy atom. The van der Waals surface area contributed by atoms with Gasteiger partial charge < -0.3 is 0 Å². The molecule has 116 valence electrons. The summed E-state index contributed by atoms with van der Waals surface area (Å²) in [6.45, 7) is 4.43. The van der Waals surface area contributed by atoms with Gasteiger partial charge in [0.15, 0.2) is 0 Å². The Balaban J connectivity index is 1.82. The highest BCUT2D eigenvalue weighted by molar-refractivity contribution is 5.95. The largest absolute Gasteiger partial charge is 0.0616 e. The number of benzene rings is 4. The van der Waals surface area contributed by atoms with Crippen molar-refractivity contribution in [2.45, 2.75) is 13.8 Å².